The Morgan fingerprint density at radius 3 is 2.42 bits per heavy atom. The van der Waals surface area contributed by atoms with Crippen LogP contribution >= 0.6 is 0 Å². The summed E-state index contributed by atoms with van der Waals surface area (Å²) in [6.45, 7) is 0.241. The maximum absolute atomic E-state index is 12.8. The number of halogens is 3. The van der Waals surface area contributed by atoms with Crippen molar-refractivity contribution in [2.75, 3.05) is 0 Å². The molecule has 0 saturated heterocycles. The third kappa shape index (κ3) is 4.04. The Hall–Kier alpha value is -2.83. The van der Waals surface area contributed by atoms with Crippen LogP contribution in [0.3, 0.4) is 0 Å². The number of hydrogen-bond donors (Lipinski definition) is 2. The highest BCUT2D eigenvalue weighted by molar-refractivity contribution is 5.87. The van der Waals surface area contributed by atoms with Gasteiger partial charge < -0.3 is 10.4 Å². The Labute approximate surface area is 147 Å². The van der Waals surface area contributed by atoms with Crippen molar-refractivity contribution in [3.63, 3.8) is 0 Å². The number of carbonyl (C=O) groups is 2. The van der Waals surface area contributed by atoms with Crippen LogP contribution in [0.25, 0.3) is 0 Å². The van der Waals surface area contributed by atoms with E-state index >= 15 is 0 Å². The first-order chi connectivity index (χ1) is 12.3. The number of aromatic carboxylic acids is 1. The largest absolute Gasteiger partial charge is 0.478 e. The van der Waals surface area contributed by atoms with E-state index in [1.165, 1.54) is 18.2 Å². The molecule has 0 radical (unpaired) electrons. The molecule has 136 valence electrons. The fraction of sp³-hybridized carbons (Fsp3) is 0.263. The quantitative estimate of drug-likeness (QED) is 0.849. The third-order valence-electron chi connectivity index (χ3n) is 4.44. The third-order valence-corrected chi connectivity index (χ3v) is 4.44. The molecule has 0 aromatic heterocycles. The Morgan fingerprint density at radius 1 is 1.12 bits per heavy atom. The monoisotopic (exact) mass is 363 g/mol. The van der Waals surface area contributed by atoms with Crippen molar-refractivity contribution in [2.24, 2.45) is 5.92 Å². The fourth-order valence-electron chi connectivity index (χ4n) is 2.88. The number of hydrogen-bond acceptors (Lipinski definition) is 2. The van der Waals surface area contributed by atoms with Crippen molar-refractivity contribution >= 4 is 11.9 Å². The van der Waals surface area contributed by atoms with E-state index in [0.29, 0.717) is 12.0 Å². The Bertz CT molecular complexity index is 831. The zero-order chi connectivity index (χ0) is 18.9. The van der Waals surface area contributed by atoms with E-state index < -0.39 is 17.7 Å². The van der Waals surface area contributed by atoms with E-state index in [4.69, 9.17) is 5.11 Å². The van der Waals surface area contributed by atoms with E-state index in [1.54, 1.807) is 18.2 Å². The highest BCUT2D eigenvalue weighted by Crippen LogP contribution is 2.48. The lowest BCUT2D eigenvalue weighted by Gasteiger charge is -2.09. The molecule has 0 aliphatic heterocycles. The van der Waals surface area contributed by atoms with Crippen LogP contribution in [-0.2, 0) is 17.5 Å². The molecular formula is C19H16F3NO3. The number of nitrogens with one attached hydrogen (secondary N) is 1. The second-order valence-corrected chi connectivity index (χ2v) is 6.29. The molecule has 0 spiro atoms. The summed E-state index contributed by atoms with van der Waals surface area (Å²) in [6.07, 6.45) is -3.88. The predicted octanol–water partition coefficient (Wildman–Crippen LogP) is 3.82. The van der Waals surface area contributed by atoms with Gasteiger partial charge in [0.1, 0.15) is 0 Å². The number of benzene rings is 2. The molecule has 1 fully saturated rings. The van der Waals surface area contributed by atoms with Crippen LogP contribution in [0.2, 0.25) is 0 Å². The summed E-state index contributed by atoms with van der Waals surface area (Å²) in [6, 6.07) is 11.2. The van der Waals surface area contributed by atoms with Gasteiger partial charge in [-0.05, 0) is 41.7 Å². The second-order valence-electron chi connectivity index (χ2n) is 6.29. The van der Waals surface area contributed by atoms with Crippen LogP contribution in [0.1, 0.15) is 39.4 Å². The van der Waals surface area contributed by atoms with E-state index in [2.05, 4.69) is 5.32 Å². The van der Waals surface area contributed by atoms with Crippen molar-refractivity contribution in [3.8, 4) is 0 Å². The van der Waals surface area contributed by atoms with E-state index in [-0.39, 0.29) is 29.9 Å². The first-order valence-corrected chi connectivity index (χ1v) is 8.03. The van der Waals surface area contributed by atoms with Gasteiger partial charge in [-0.2, -0.15) is 13.2 Å². The van der Waals surface area contributed by atoms with Crippen molar-refractivity contribution < 1.29 is 27.9 Å². The molecule has 1 aliphatic rings. The smallest absolute Gasteiger partial charge is 0.416 e. The summed E-state index contributed by atoms with van der Waals surface area (Å²) in [4.78, 5) is 23.0. The molecule has 2 N–H and O–H groups in total. The predicted molar refractivity (Wildman–Crippen MR) is 87.5 cm³/mol. The molecule has 1 saturated carbocycles. The topological polar surface area (TPSA) is 66.4 Å². The lowest BCUT2D eigenvalue weighted by molar-refractivity contribution is -0.137. The molecule has 1 amide bonds. The highest BCUT2D eigenvalue weighted by Gasteiger charge is 2.44. The minimum absolute atomic E-state index is 0.159. The van der Waals surface area contributed by atoms with Gasteiger partial charge in [0.05, 0.1) is 11.1 Å². The van der Waals surface area contributed by atoms with E-state index in [0.717, 1.165) is 17.7 Å². The summed E-state index contributed by atoms with van der Waals surface area (Å²) in [5.41, 5.74) is 0.719. The molecule has 7 heteroatoms. The molecule has 26 heavy (non-hydrogen) atoms. The molecule has 2 aromatic carbocycles. The number of carboxylic acids is 1. The first kappa shape index (κ1) is 18.0. The minimum Gasteiger partial charge on any atom is -0.478 e. The van der Waals surface area contributed by atoms with Crippen LogP contribution in [0.4, 0.5) is 13.2 Å². The maximum Gasteiger partial charge on any atom is 0.416 e. The van der Waals surface area contributed by atoms with Crippen molar-refractivity contribution in [3.05, 3.63) is 70.8 Å². The summed E-state index contributed by atoms with van der Waals surface area (Å²) >= 11 is 0. The lowest BCUT2D eigenvalue weighted by atomic mass is 10.1. The molecule has 2 unspecified atom stereocenters. The number of carboxylic acid groups (broad SMARTS) is 1. The molecule has 0 heterocycles. The van der Waals surface area contributed by atoms with Crippen molar-refractivity contribution in [1.82, 2.24) is 5.32 Å². The zero-order valence-electron chi connectivity index (χ0n) is 13.6. The Morgan fingerprint density at radius 2 is 1.81 bits per heavy atom. The summed E-state index contributed by atoms with van der Waals surface area (Å²) in [7, 11) is 0. The highest BCUT2D eigenvalue weighted by atomic mass is 19.4. The molecule has 2 aromatic rings. The minimum atomic E-state index is -4.40. The standard InChI is InChI=1S/C19H16F3NO3/c20-19(21,22)14-3-1-2-13(8-14)15-9-16(15)17(24)23-10-11-4-6-12(7-5-11)18(25)26/h1-8,15-16H,9-10H2,(H,23,24)(H,25,26). The first-order valence-electron chi connectivity index (χ1n) is 8.03. The van der Waals surface area contributed by atoms with Gasteiger partial charge >= 0.3 is 12.1 Å². The molecular weight excluding hydrogens is 347 g/mol. The lowest BCUT2D eigenvalue weighted by Crippen LogP contribution is -2.24. The van der Waals surface area contributed by atoms with Gasteiger partial charge in [-0.25, -0.2) is 4.79 Å². The van der Waals surface area contributed by atoms with Crippen molar-refractivity contribution in [1.29, 1.82) is 0 Å². The number of amides is 1. The second kappa shape index (κ2) is 6.82. The Balaban J connectivity index is 1.57. The van der Waals surface area contributed by atoms with Crippen LogP contribution < -0.4 is 5.32 Å². The maximum atomic E-state index is 12.8. The van der Waals surface area contributed by atoms with E-state index in [1.807, 2.05) is 0 Å². The van der Waals surface area contributed by atoms with Gasteiger partial charge in [0, 0.05) is 12.5 Å². The molecule has 1 aliphatic carbocycles. The van der Waals surface area contributed by atoms with Gasteiger partial charge in [-0.3, -0.25) is 4.79 Å². The van der Waals surface area contributed by atoms with Gasteiger partial charge in [-0.15, -0.1) is 0 Å². The summed E-state index contributed by atoms with van der Waals surface area (Å²) in [5, 5.41) is 11.6. The van der Waals surface area contributed by atoms with Gasteiger partial charge in [0.15, 0.2) is 0 Å². The Kier molecular flexibility index (Phi) is 4.71. The molecule has 3 rings (SSSR count). The van der Waals surface area contributed by atoms with E-state index in [9.17, 15) is 22.8 Å². The summed E-state index contributed by atoms with van der Waals surface area (Å²) < 4.78 is 38.3. The van der Waals surface area contributed by atoms with Crippen molar-refractivity contribution in [2.45, 2.75) is 25.1 Å². The molecule has 0 bridgehead atoms. The fourth-order valence-corrected chi connectivity index (χ4v) is 2.88. The number of alkyl halides is 3. The molecule has 4 nitrogen and oxygen atoms in total. The average molecular weight is 363 g/mol. The zero-order valence-corrected chi connectivity index (χ0v) is 13.6. The van der Waals surface area contributed by atoms with Crippen LogP contribution in [0.15, 0.2) is 48.5 Å². The SMILES string of the molecule is O=C(O)c1ccc(CNC(=O)C2CC2c2cccc(C(F)(F)F)c2)cc1. The average Bonchev–Trinajstić information content (AvgIpc) is 3.40. The normalized spacial score (nSPS) is 19.0. The van der Waals surface area contributed by atoms with Gasteiger partial charge in [-0.1, -0.05) is 30.3 Å². The number of carbonyl (C=O) groups excluding carboxylic acids is 1. The summed E-state index contributed by atoms with van der Waals surface area (Å²) in [5.74, 6) is -1.78. The van der Waals surface area contributed by atoms with Gasteiger partial charge in [0.25, 0.3) is 0 Å². The van der Waals surface area contributed by atoms with Gasteiger partial charge in [0.2, 0.25) is 5.91 Å². The van der Waals surface area contributed by atoms with Crippen LogP contribution in [0, 0.1) is 5.92 Å². The number of rotatable bonds is 5. The molecule has 2 atom stereocenters. The van der Waals surface area contributed by atoms with Crippen LogP contribution in [-0.4, -0.2) is 17.0 Å². The van der Waals surface area contributed by atoms with Crippen LogP contribution in [0.5, 0.6) is 0 Å².